The molecule has 0 radical (unpaired) electrons. The van der Waals surface area contributed by atoms with Crippen LogP contribution in [0.5, 0.6) is 0 Å². The minimum absolute atomic E-state index is 0.0375. The number of rotatable bonds is 7. The number of hydrogen-bond acceptors (Lipinski definition) is 3. The third-order valence-electron chi connectivity index (χ3n) is 3.89. The van der Waals surface area contributed by atoms with E-state index in [0.29, 0.717) is 13.0 Å². The van der Waals surface area contributed by atoms with Crippen molar-refractivity contribution in [3.05, 3.63) is 0 Å². The molecule has 1 saturated carbocycles. The number of hydrogen-bond donors (Lipinski definition) is 3. The minimum Gasteiger partial charge on any atom is -0.396 e. The van der Waals surface area contributed by atoms with Gasteiger partial charge in [0.15, 0.2) is 0 Å². The van der Waals surface area contributed by atoms with Crippen molar-refractivity contribution in [2.45, 2.75) is 64.3 Å². The molecule has 0 heterocycles. The third kappa shape index (κ3) is 5.36. The monoisotopic (exact) mass is 256 g/mol. The third-order valence-corrected chi connectivity index (χ3v) is 3.89. The summed E-state index contributed by atoms with van der Waals surface area (Å²) < 4.78 is 0. The predicted octanol–water partition coefficient (Wildman–Crippen LogP) is 1.56. The zero-order valence-electron chi connectivity index (χ0n) is 11.8. The highest BCUT2D eigenvalue weighted by atomic mass is 16.2. The van der Waals surface area contributed by atoms with E-state index in [0.717, 1.165) is 38.5 Å². The van der Waals surface area contributed by atoms with Gasteiger partial charge in [0, 0.05) is 25.1 Å². The number of nitrogens with one attached hydrogen (secondary N) is 1. The van der Waals surface area contributed by atoms with E-state index in [9.17, 15) is 4.79 Å². The van der Waals surface area contributed by atoms with Gasteiger partial charge in [0.05, 0.1) is 0 Å². The molecule has 1 fully saturated rings. The van der Waals surface area contributed by atoms with Crippen molar-refractivity contribution < 1.29 is 9.90 Å². The number of aliphatic hydroxyl groups excluding tert-OH is 1. The van der Waals surface area contributed by atoms with E-state index >= 15 is 0 Å². The summed E-state index contributed by atoms with van der Waals surface area (Å²) in [5.41, 5.74) is 5.96. The van der Waals surface area contributed by atoms with Gasteiger partial charge in [0.2, 0.25) is 5.91 Å². The van der Waals surface area contributed by atoms with Gasteiger partial charge in [-0.05, 0) is 31.1 Å². The van der Waals surface area contributed by atoms with Gasteiger partial charge in [-0.1, -0.05) is 26.7 Å². The summed E-state index contributed by atoms with van der Waals surface area (Å²) in [6, 6.07) is 0. The first kappa shape index (κ1) is 15.4. The molecule has 4 heteroatoms. The second-order valence-corrected chi connectivity index (χ2v) is 6.51. The highest BCUT2D eigenvalue weighted by molar-refractivity contribution is 5.77. The Morgan fingerprint density at radius 3 is 2.56 bits per heavy atom. The Labute approximate surface area is 110 Å². The first-order chi connectivity index (χ1) is 8.37. The van der Waals surface area contributed by atoms with Crippen LogP contribution in [0, 0.1) is 5.41 Å². The molecular weight excluding hydrogens is 228 g/mol. The van der Waals surface area contributed by atoms with Crippen molar-refractivity contribution in [2.24, 2.45) is 11.1 Å². The summed E-state index contributed by atoms with van der Waals surface area (Å²) >= 11 is 0. The fourth-order valence-corrected chi connectivity index (χ4v) is 2.62. The van der Waals surface area contributed by atoms with Crippen LogP contribution in [0.4, 0.5) is 0 Å². The first-order valence-electron chi connectivity index (χ1n) is 7.03. The maximum atomic E-state index is 11.9. The summed E-state index contributed by atoms with van der Waals surface area (Å²) in [4.78, 5) is 11.9. The Morgan fingerprint density at radius 1 is 1.39 bits per heavy atom. The number of aliphatic hydroxyl groups is 1. The zero-order valence-corrected chi connectivity index (χ0v) is 11.8. The Kier molecular flexibility index (Phi) is 5.60. The lowest BCUT2D eigenvalue weighted by Gasteiger charge is -2.27. The van der Waals surface area contributed by atoms with E-state index in [4.69, 9.17) is 10.8 Å². The average molecular weight is 256 g/mol. The summed E-state index contributed by atoms with van der Waals surface area (Å²) in [7, 11) is 0. The van der Waals surface area contributed by atoms with E-state index in [1.54, 1.807) is 0 Å². The lowest BCUT2D eigenvalue weighted by atomic mass is 9.87. The van der Waals surface area contributed by atoms with Crippen molar-refractivity contribution in [1.29, 1.82) is 0 Å². The first-order valence-corrected chi connectivity index (χ1v) is 7.03. The number of amides is 1. The van der Waals surface area contributed by atoms with Crippen molar-refractivity contribution in [3.63, 3.8) is 0 Å². The summed E-state index contributed by atoms with van der Waals surface area (Å²) in [6.45, 7) is 5.08. The quantitative estimate of drug-likeness (QED) is 0.647. The molecule has 0 unspecified atom stereocenters. The molecule has 1 aliphatic rings. The van der Waals surface area contributed by atoms with Crippen LogP contribution in [0.15, 0.2) is 0 Å². The maximum absolute atomic E-state index is 11.9. The van der Waals surface area contributed by atoms with E-state index in [2.05, 4.69) is 19.2 Å². The fraction of sp³-hybridized carbons (Fsp3) is 0.929. The van der Waals surface area contributed by atoms with Crippen LogP contribution in [0.25, 0.3) is 0 Å². The van der Waals surface area contributed by atoms with Crippen LogP contribution in [-0.4, -0.2) is 29.7 Å². The molecule has 1 amide bonds. The molecule has 0 spiro atoms. The Balaban J connectivity index is 2.27. The van der Waals surface area contributed by atoms with Crippen LogP contribution < -0.4 is 11.1 Å². The second-order valence-electron chi connectivity index (χ2n) is 6.51. The predicted molar refractivity (Wildman–Crippen MR) is 73.1 cm³/mol. The van der Waals surface area contributed by atoms with Crippen LogP contribution in [0.3, 0.4) is 0 Å². The van der Waals surface area contributed by atoms with E-state index < -0.39 is 0 Å². The molecule has 0 saturated heterocycles. The van der Waals surface area contributed by atoms with Gasteiger partial charge in [-0.25, -0.2) is 0 Å². The van der Waals surface area contributed by atoms with Gasteiger partial charge in [-0.3, -0.25) is 4.79 Å². The SMILES string of the molecule is CC(C)(CCCO)CNC(=O)CC1(N)CCCC1. The van der Waals surface area contributed by atoms with Gasteiger partial charge >= 0.3 is 0 Å². The molecule has 0 bridgehead atoms. The van der Waals surface area contributed by atoms with Gasteiger partial charge in [-0.2, -0.15) is 0 Å². The van der Waals surface area contributed by atoms with Gasteiger partial charge in [0.1, 0.15) is 0 Å². The van der Waals surface area contributed by atoms with Gasteiger partial charge < -0.3 is 16.2 Å². The average Bonchev–Trinajstić information content (AvgIpc) is 2.71. The highest BCUT2D eigenvalue weighted by Crippen LogP contribution is 2.30. The lowest BCUT2D eigenvalue weighted by Crippen LogP contribution is -2.44. The van der Waals surface area contributed by atoms with Crippen molar-refractivity contribution in [3.8, 4) is 0 Å². The standard InChI is InChI=1S/C14H28N2O2/c1-13(2,6-5-9-17)11-16-12(18)10-14(15)7-3-4-8-14/h17H,3-11,15H2,1-2H3,(H,16,18). The van der Waals surface area contributed by atoms with Crippen LogP contribution in [0.1, 0.15) is 58.8 Å². The van der Waals surface area contributed by atoms with Crippen LogP contribution >= 0.6 is 0 Å². The summed E-state index contributed by atoms with van der Waals surface area (Å²) in [5, 5.41) is 11.8. The fourth-order valence-electron chi connectivity index (χ4n) is 2.62. The van der Waals surface area contributed by atoms with Crippen molar-refractivity contribution >= 4 is 5.91 Å². The minimum atomic E-state index is -0.265. The molecular formula is C14H28N2O2. The van der Waals surface area contributed by atoms with Gasteiger partial charge in [-0.15, -0.1) is 0 Å². The Bertz CT molecular complexity index is 271. The largest absolute Gasteiger partial charge is 0.396 e. The Hall–Kier alpha value is -0.610. The summed E-state index contributed by atoms with van der Waals surface area (Å²) in [6.07, 6.45) is 6.37. The van der Waals surface area contributed by atoms with Crippen LogP contribution in [-0.2, 0) is 4.79 Å². The molecule has 1 aliphatic carbocycles. The topological polar surface area (TPSA) is 75.3 Å². The van der Waals surface area contributed by atoms with E-state index in [-0.39, 0.29) is 23.5 Å². The van der Waals surface area contributed by atoms with E-state index in [1.165, 1.54) is 0 Å². The molecule has 4 nitrogen and oxygen atoms in total. The molecule has 4 N–H and O–H groups in total. The lowest BCUT2D eigenvalue weighted by molar-refractivity contribution is -0.122. The normalized spacial score (nSPS) is 18.9. The van der Waals surface area contributed by atoms with Crippen molar-refractivity contribution in [1.82, 2.24) is 5.32 Å². The molecule has 0 atom stereocenters. The molecule has 1 rings (SSSR count). The highest BCUT2D eigenvalue weighted by Gasteiger charge is 2.32. The molecule has 106 valence electrons. The van der Waals surface area contributed by atoms with Crippen molar-refractivity contribution in [2.75, 3.05) is 13.2 Å². The zero-order chi connectivity index (χ0) is 13.6. The summed E-state index contributed by atoms with van der Waals surface area (Å²) in [5.74, 6) is 0.0662. The number of nitrogens with two attached hydrogens (primary N) is 1. The van der Waals surface area contributed by atoms with E-state index in [1.807, 2.05) is 0 Å². The number of carbonyl (C=O) groups is 1. The van der Waals surface area contributed by atoms with Crippen LogP contribution in [0.2, 0.25) is 0 Å². The second kappa shape index (κ2) is 6.53. The molecule has 0 aliphatic heterocycles. The molecule has 0 aromatic heterocycles. The smallest absolute Gasteiger partial charge is 0.221 e. The van der Waals surface area contributed by atoms with Gasteiger partial charge in [0.25, 0.3) is 0 Å². The molecule has 18 heavy (non-hydrogen) atoms. The Morgan fingerprint density at radius 2 is 2.00 bits per heavy atom. The maximum Gasteiger partial charge on any atom is 0.221 e. The molecule has 0 aromatic carbocycles. The molecule has 0 aromatic rings. The number of carbonyl (C=O) groups excluding carboxylic acids is 1.